The zero-order valence-corrected chi connectivity index (χ0v) is 15.8. The van der Waals surface area contributed by atoms with Gasteiger partial charge in [0.15, 0.2) is 0 Å². The second-order valence-electron chi connectivity index (χ2n) is 7.05. The van der Waals surface area contributed by atoms with Gasteiger partial charge in [0.2, 0.25) is 0 Å². The van der Waals surface area contributed by atoms with Gasteiger partial charge in [0.25, 0.3) is 0 Å². The molecule has 0 radical (unpaired) electrons. The Morgan fingerprint density at radius 2 is 1.93 bits per heavy atom. The van der Waals surface area contributed by atoms with Crippen LogP contribution in [0.4, 0.5) is 4.79 Å². The van der Waals surface area contributed by atoms with Crippen molar-refractivity contribution >= 4 is 6.03 Å². The maximum absolute atomic E-state index is 12.2. The van der Waals surface area contributed by atoms with Crippen LogP contribution in [0.1, 0.15) is 28.7 Å². The number of benzene rings is 2. The van der Waals surface area contributed by atoms with Gasteiger partial charge in [-0.25, -0.2) is 4.79 Å². The fourth-order valence-electron chi connectivity index (χ4n) is 3.41. The lowest BCUT2D eigenvalue weighted by Crippen LogP contribution is -2.38. The Balaban J connectivity index is 1.36. The summed E-state index contributed by atoms with van der Waals surface area (Å²) in [5.74, 6) is 0. The molecule has 0 fully saturated rings. The highest BCUT2D eigenvalue weighted by molar-refractivity contribution is 5.73. The Hall–Kier alpha value is -2.84. The summed E-state index contributed by atoms with van der Waals surface area (Å²) in [7, 11) is 1.79. The molecule has 0 bridgehead atoms. The van der Waals surface area contributed by atoms with Crippen LogP contribution in [0, 0.1) is 11.3 Å². The number of urea groups is 1. The molecular formula is C22H26N4O. The van der Waals surface area contributed by atoms with E-state index in [1.165, 1.54) is 11.1 Å². The molecule has 0 unspecified atom stereocenters. The van der Waals surface area contributed by atoms with Crippen LogP contribution in [-0.4, -0.2) is 42.5 Å². The third kappa shape index (κ3) is 5.32. The summed E-state index contributed by atoms with van der Waals surface area (Å²) >= 11 is 0. The Bertz CT molecular complexity index is 810. The van der Waals surface area contributed by atoms with Gasteiger partial charge >= 0.3 is 6.03 Å². The van der Waals surface area contributed by atoms with Gasteiger partial charge in [0.1, 0.15) is 0 Å². The van der Waals surface area contributed by atoms with Crippen LogP contribution in [0.5, 0.6) is 0 Å². The van der Waals surface area contributed by atoms with Crippen molar-refractivity contribution in [2.45, 2.75) is 25.9 Å². The van der Waals surface area contributed by atoms with Gasteiger partial charge in [-0.1, -0.05) is 36.4 Å². The number of fused-ring (bicyclic) bond motifs is 1. The standard InChI is InChI=1S/C22H26N4O/c1-25(16-19-9-7-18(15-23)8-10-19)22(27)24-12-4-13-26-14-11-20-5-2-3-6-21(20)17-26/h2-3,5-10H,4,11-14,16-17H2,1H3,(H,24,27). The molecule has 2 aromatic rings. The molecule has 140 valence electrons. The zero-order chi connectivity index (χ0) is 19.1. The van der Waals surface area contributed by atoms with Crippen molar-refractivity contribution in [1.29, 1.82) is 5.26 Å². The number of nitrogens with zero attached hydrogens (tertiary/aromatic N) is 3. The van der Waals surface area contributed by atoms with Crippen LogP contribution in [0.3, 0.4) is 0 Å². The van der Waals surface area contributed by atoms with E-state index in [1.54, 1.807) is 24.1 Å². The molecule has 0 aliphatic carbocycles. The molecule has 1 heterocycles. The summed E-state index contributed by atoms with van der Waals surface area (Å²) < 4.78 is 0. The third-order valence-electron chi connectivity index (χ3n) is 4.99. The summed E-state index contributed by atoms with van der Waals surface area (Å²) in [6.45, 7) is 4.29. The van der Waals surface area contributed by atoms with E-state index in [9.17, 15) is 4.79 Å². The third-order valence-corrected chi connectivity index (χ3v) is 4.99. The molecule has 27 heavy (non-hydrogen) atoms. The molecule has 1 aliphatic rings. The van der Waals surface area contributed by atoms with Gasteiger partial charge in [-0.15, -0.1) is 0 Å². The molecule has 0 saturated carbocycles. The highest BCUT2D eigenvalue weighted by atomic mass is 16.2. The fraction of sp³-hybridized carbons (Fsp3) is 0.364. The average Bonchev–Trinajstić information content (AvgIpc) is 2.71. The van der Waals surface area contributed by atoms with Crippen molar-refractivity contribution in [3.05, 3.63) is 70.8 Å². The Kier molecular flexibility index (Phi) is 6.45. The summed E-state index contributed by atoms with van der Waals surface area (Å²) in [5.41, 5.74) is 4.53. The lowest BCUT2D eigenvalue weighted by molar-refractivity contribution is 0.204. The molecule has 0 aromatic heterocycles. The number of carbonyl (C=O) groups is 1. The predicted molar refractivity (Wildman–Crippen MR) is 106 cm³/mol. The SMILES string of the molecule is CN(Cc1ccc(C#N)cc1)C(=O)NCCCN1CCc2ccccc2C1. The highest BCUT2D eigenvalue weighted by Gasteiger charge is 2.15. The number of carbonyl (C=O) groups excluding carboxylic acids is 1. The first-order valence-corrected chi connectivity index (χ1v) is 9.43. The van der Waals surface area contributed by atoms with E-state index >= 15 is 0 Å². The lowest BCUT2D eigenvalue weighted by Gasteiger charge is -2.28. The van der Waals surface area contributed by atoms with Gasteiger partial charge in [-0.05, 0) is 41.7 Å². The van der Waals surface area contributed by atoms with Gasteiger partial charge in [-0.2, -0.15) is 5.26 Å². The molecule has 0 spiro atoms. The van der Waals surface area contributed by atoms with Gasteiger partial charge in [0.05, 0.1) is 11.6 Å². The molecule has 0 atom stereocenters. The molecule has 5 nitrogen and oxygen atoms in total. The van der Waals surface area contributed by atoms with Crippen LogP contribution in [-0.2, 0) is 19.5 Å². The minimum absolute atomic E-state index is 0.0663. The number of nitriles is 1. The molecule has 2 aromatic carbocycles. The van der Waals surface area contributed by atoms with E-state index < -0.39 is 0 Å². The van der Waals surface area contributed by atoms with E-state index in [0.717, 1.165) is 38.0 Å². The van der Waals surface area contributed by atoms with Crippen LogP contribution in [0.15, 0.2) is 48.5 Å². The molecule has 2 amide bonds. The maximum Gasteiger partial charge on any atom is 0.317 e. The van der Waals surface area contributed by atoms with Crippen LogP contribution in [0.25, 0.3) is 0 Å². The average molecular weight is 362 g/mol. The molecule has 0 saturated heterocycles. The predicted octanol–water partition coefficient (Wildman–Crippen LogP) is 3.15. The summed E-state index contributed by atoms with van der Waals surface area (Å²) in [6, 6.07) is 18.0. The summed E-state index contributed by atoms with van der Waals surface area (Å²) in [6.07, 6.45) is 2.05. The van der Waals surface area contributed by atoms with Gasteiger partial charge in [0, 0.05) is 39.8 Å². The molecule has 3 rings (SSSR count). The first kappa shape index (κ1) is 18.9. The second-order valence-corrected chi connectivity index (χ2v) is 7.05. The minimum atomic E-state index is -0.0663. The van der Waals surface area contributed by atoms with Crippen molar-refractivity contribution < 1.29 is 4.79 Å². The van der Waals surface area contributed by atoms with Gasteiger partial charge in [-0.3, -0.25) is 4.90 Å². The van der Waals surface area contributed by atoms with E-state index in [4.69, 9.17) is 5.26 Å². The monoisotopic (exact) mass is 362 g/mol. The normalized spacial score (nSPS) is 13.5. The number of nitrogens with one attached hydrogen (secondary N) is 1. The Labute approximate surface area is 161 Å². The highest BCUT2D eigenvalue weighted by Crippen LogP contribution is 2.18. The topological polar surface area (TPSA) is 59.4 Å². The van der Waals surface area contributed by atoms with Crippen molar-refractivity contribution in [3.63, 3.8) is 0 Å². The number of amides is 2. The lowest BCUT2D eigenvalue weighted by atomic mass is 10.00. The number of hydrogen-bond donors (Lipinski definition) is 1. The molecule has 1 N–H and O–H groups in total. The second kappa shape index (κ2) is 9.20. The summed E-state index contributed by atoms with van der Waals surface area (Å²) in [4.78, 5) is 16.4. The van der Waals surface area contributed by atoms with Crippen molar-refractivity contribution in [2.24, 2.45) is 0 Å². The molecule has 1 aliphatic heterocycles. The van der Waals surface area contributed by atoms with Crippen molar-refractivity contribution in [2.75, 3.05) is 26.7 Å². The van der Waals surface area contributed by atoms with Crippen LogP contribution >= 0.6 is 0 Å². The first-order valence-electron chi connectivity index (χ1n) is 9.43. The number of hydrogen-bond acceptors (Lipinski definition) is 3. The first-order chi connectivity index (χ1) is 13.2. The summed E-state index contributed by atoms with van der Waals surface area (Å²) in [5, 5.41) is 11.8. The zero-order valence-electron chi connectivity index (χ0n) is 15.8. The van der Waals surface area contributed by atoms with Crippen LogP contribution < -0.4 is 5.32 Å². The molecular weight excluding hydrogens is 336 g/mol. The smallest absolute Gasteiger partial charge is 0.317 e. The minimum Gasteiger partial charge on any atom is -0.338 e. The van der Waals surface area contributed by atoms with E-state index in [2.05, 4.69) is 40.6 Å². The fourth-order valence-corrected chi connectivity index (χ4v) is 3.41. The molecule has 5 heteroatoms. The van der Waals surface area contributed by atoms with E-state index in [-0.39, 0.29) is 6.03 Å². The van der Waals surface area contributed by atoms with E-state index in [1.807, 2.05) is 12.1 Å². The Morgan fingerprint density at radius 1 is 1.19 bits per heavy atom. The van der Waals surface area contributed by atoms with E-state index in [0.29, 0.717) is 18.7 Å². The van der Waals surface area contributed by atoms with Crippen molar-refractivity contribution in [1.82, 2.24) is 15.1 Å². The largest absolute Gasteiger partial charge is 0.338 e. The number of rotatable bonds is 6. The van der Waals surface area contributed by atoms with Gasteiger partial charge < -0.3 is 10.2 Å². The quantitative estimate of drug-likeness (QED) is 0.803. The Morgan fingerprint density at radius 3 is 2.67 bits per heavy atom. The van der Waals surface area contributed by atoms with Crippen molar-refractivity contribution in [3.8, 4) is 6.07 Å². The van der Waals surface area contributed by atoms with Crippen LogP contribution in [0.2, 0.25) is 0 Å². The maximum atomic E-state index is 12.2.